The quantitative estimate of drug-likeness (QED) is 0.385. The Morgan fingerprint density at radius 2 is 1.72 bits per heavy atom. The number of rotatable bonds is 5. The molecule has 1 heterocycles. The minimum Gasteiger partial charge on any atom is -0.452 e. The van der Waals surface area contributed by atoms with E-state index in [1.165, 1.54) is 0 Å². The highest BCUT2D eigenvalue weighted by Gasteiger charge is 2.17. The second-order valence-electron chi connectivity index (χ2n) is 7.45. The number of carbonyl (C=O) groups excluding carboxylic acids is 2. The number of benzene rings is 3. The van der Waals surface area contributed by atoms with Crippen molar-refractivity contribution in [2.45, 2.75) is 13.8 Å². The molecule has 0 spiro atoms. The van der Waals surface area contributed by atoms with E-state index in [1.54, 1.807) is 24.3 Å². The number of hydrogen-bond donors (Lipinski definition) is 1. The van der Waals surface area contributed by atoms with E-state index >= 15 is 0 Å². The number of ether oxygens (including phenoxy) is 1. The third-order valence-corrected chi connectivity index (χ3v) is 5.54. The molecule has 160 valence electrons. The van der Waals surface area contributed by atoms with E-state index in [0.29, 0.717) is 32.9 Å². The van der Waals surface area contributed by atoms with Crippen LogP contribution >= 0.6 is 11.6 Å². The maximum absolute atomic E-state index is 12.9. The van der Waals surface area contributed by atoms with Crippen LogP contribution in [0, 0.1) is 13.8 Å². The maximum atomic E-state index is 12.9. The Kier molecular flexibility index (Phi) is 6.19. The number of para-hydroxylation sites is 1. The number of halogens is 1. The number of carbonyl (C=O) groups is 2. The Balaban J connectivity index is 1.56. The average Bonchev–Trinajstić information content (AvgIpc) is 2.80. The molecule has 0 atom stereocenters. The SMILES string of the molecule is Cc1cccc(NC(=O)COC(=O)c2cc(-c3ccc(Cl)cc3)nc3ccccc23)c1C. The number of nitrogens with zero attached hydrogens (tertiary/aromatic N) is 1. The molecule has 0 aliphatic heterocycles. The molecule has 0 fully saturated rings. The summed E-state index contributed by atoms with van der Waals surface area (Å²) in [6.45, 7) is 3.51. The highest BCUT2D eigenvalue weighted by Crippen LogP contribution is 2.26. The number of nitrogens with one attached hydrogen (secondary N) is 1. The fourth-order valence-corrected chi connectivity index (χ4v) is 3.52. The van der Waals surface area contributed by atoms with Gasteiger partial charge in [0.2, 0.25) is 0 Å². The van der Waals surface area contributed by atoms with Gasteiger partial charge in [-0.2, -0.15) is 0 Å². The first kappa shape index (κ1) is 21.5. The van der Waals surface area contributed by atoms with Crippen molar-refractivity contribution in [2.75, 3.05) is 11.9 Å². The minimum absolute atomic E-state index is 0.347. The van der Waals surface area contributed by atoms with Gasteiger partial charge in [0.05, 0.1) is 16.8 Å². The van der Waals surface area contributed by atoms with Gasteiger partial charge in [-0.15, -0.1) is 0 Å². The molecule has 1 aromatic heterocycles. The van der Waals surface area contributed by atoms with E-state index in [0.717, 1.165) is 16.7 Å². The number of aryl methyl sites for hydroxylation is 1. The summed E-state index contributed by atoms with van der Waals surface area (Å²) in [7, 11) is 0. The van der Waals surface area contributed by atoms with Gasteiger partial charge in [-0.3, -0.25) is 4.79 Å². The summed E-state index contributed by atoms with van der Waals surface area (Å²) in [5, 5.41) is 4.07. The lowest BCUT2D eigenvalue weighted by atomic mass is 10.0. The highest BCUT2D eigenvalue weighted by molar-refractivity contribution is 6.30. The fraction of sp³-hybridized carbons (Fsp3) is 0.115. The van der Waals surface area contributed by atoms with Crippen LogP contribution in [-0.4, -0.2) is 23.5 Å². The molecule has 0 radical (unpaired) electrons. The third kappa shape index (κ3) is 4.63. The van der Waals surface area contributed by atoms with Crippen LogP contribution in [0.2, 0.25) is 5.02 Å². The molecule has 32 heavy (non-hydrogen) atoms. The first-order chi connectivity index (χ1) is 15.4. The van der Waals surface area contributed by atoms with E-state index < -0.39 is 11.9 Å². The Bertz CT molecular complexity index is 1320. The molecule has 1 amide bonds. The van der Waals surface area contributed by atoms with Crippen molar-refractivity contribution >= 4 is 40.1 Å². The number of anilines is 1. The summed E-state index contributed by atoms with van der Waals surface area (Å²) in [5.74, 6) is -0.988. The zero-order chi connectivity index (χ0) is 22.7. The number of hydrogen-bond acceptors (Lipinski definition) is 4. The average molecular weight is 445 g/mol. The smallest absolute Gasteiger partial charge is 0.339 e. The molecule has 6 heteroatoms. The van der Waals surface area contributed by atoms with Crippen molar-refractivity contribution in [2.24, 2.45) is 0 Å². The van der Waals surface area contributed by atoms with E-state index in [9.17, 15) is 9.59 Å². The predicted octanol–water partition coefficient (Wildman–Crippen LogP) is 5.97. The van der Waals surface area contributed by atoms with Crippen LogP contribution in [0.5, 0.6) is 0 Å². The fourth-order valence-electron chi connectivity index (χ4n) is 3.39. The monoisotopic (exact) mass is 444 g/mol. The van der Waals surface area contributed by atoms with Crippen LogP contribution in [-0.2, 0) is 9.53 Å². The van der Waals surface area contributed by atoms with Crippen molar-refractivity contribution < 1.29 is 14.3 Å². The van der Waals surface area contributed by atoms with E-state index in [4.69, 9.17) is 16.3 Å². The standard InChI is InChI=1S/C26H21ClN2O3/c1-16-6-5-9-22(17(16)2)29-25(30)15-32-26(31)21-14-24(18-10-12-19(27)13-11-18)28-23-8-4-3-7-20(21)23/h3-14H,15H2,1-2H3,(H,29,30). The van der Waals surface area contributed by atoms with E-state index in [2.05, 4.69) is 10.3 Å². The zero-order valence-electron chi connectivity index (χ0n) is 17.7. The van der Waals surface area contributed by atoms with Crippen molar-refractivity contribution in [3.63, 3.8) is 0 Å². The maximum Gasteiger partial charge on any atom is 0.339 e. The van der Waals surface area contributed by atoms with Crippen LogP contribution in [0.4, 0.5) is 5.69 Å². The Labute approximate surface area is 191 Å². The minimum atomic E-state index is -0.588. The number of esters is 1. The van der Waals surface area contributed by atoms with Crippen molar-refractivity contribution in [3.8, 4) is 11.3 Å². The van der Waals surface area contributed by atoms with Crippen LogP contribution in [0.15, 0.2) is 72.8 Å². The Morgan fingerprint density at radius 3 is 2.50 bits per heavy atom. The third-order valence-electron chi connectivity index (χ3n) is 5.29. The van der Waals surface area contributed by atoms with Gasteiger partial charge in [-0.25, -0.2) is 9.78 Å². The zero-order valence-corrected chi connectivity index (χ0v) is 18.4. The lowest BCUT2D eigenvalue weighted by Crippen LogP contribution is -2.21. The normalized spacial score (nSPS) is 10.7. The number of fused-ring (bicyclic) bond motifs is 1. The van der Waals surface area contributed by atoms with Gasteiger partial charge in [0.1, 0.15) is 0 Å². The topological polar surface area (TPSA) is 68.3 Å². The molecule has 4 aromatic rings. The van der Waals surface area contributed by atoms with E-state index in [-0.39, 0.29) is 6.61 Å². The number of amides is 1. The van der Waals surface area contributed by atoms with Crippen molar-refractivity contribution in [3.05, 3.63) is 94.5 Å². The summed E-state index contributed by atoms with van der Waals surface area (Å²) in [6, 6.07) is 21.9. The van der Waals surface area contributed by atoms with Crippen LogP contribution in [0.1, 0.15) is 21.5 Å². The molecule has 0 aliphatic rings. The molecule has 5 nitrogen and oxygen atoms in total. The second kappa shape index (κ2) is 9.20. The van der Waals surface area contributed by atoms with Gasteiger partial charge in [-0.1, -0.05) is 54.1 Å². The highest BCUT2D eigenvalue weighted by atomic mass is 35.5. The van der Waals surface area contributed by atoms with Crippen molar-refractivity contribution in [1.29, 1.82) is 0 Å². The first-order valence-electron chi connectivity index (χ1n) is 10.1. The Morgan fingerprint density at radius 1 is 0.969 bits per heavy atom. The van der Waals surface area contributed by atoms with Gasteiger partial charge < -0.3 is 10.1 Å². The van der Waals surface area contributed by atoms with Gasteiger partial charge >= 0.3 is 5.97 Å². The molecule has 3 aromatic carbocycles. The van der Waals surface area contributed by atoms with Crippen LogP contribution in [0.3, 0.4) is 0 Å². The molecule has 0 aliphatic carbocycles. The lowest BCUT2D eigenvalue weighted by molar-refractivity contribution is -0.119. The molecule has 0 unspecified atom stereocenters. The number of pyridine rings is 1. The van der Waals surface area contributed by atoms with Gasteiger partial charge in [-0.05, 0) is 55.3 Å². The summed E-state index contributed by atoms with van der Waals surface area (Å²) in [6.07, 6.45) is 0. The molecule has 4 rings (SSSR count). The molecular weight excluding hydrogens is 424 g/mol. The van der Waals surface area contributed by atoms with Crippen molar-refractivity contribution in [1.82, 2.24) is 4.98 Å². The van der Waals surface area contributed by atoms with Crippen LogP contribution in [0.25, 0.3) is 22.2 Å². The lowest BCUT2D eigenvalue weighted by Gasteiger charge is -2.12. The molecular formula is C26H21ClN2O3. The van der Waals surface area contributed by atoms with Gasteiger partial charge in [0.25, 0.3) is 5.91 Å². The largest absolute Gasteiger partial charge is 0.452 e. The summed E-state index contributed by atoms with van der Waals surface area (Å²) in [5.41, 5.74) is 5.18. The predicted molar refractivity (Wildman–Crippen MR) is 127 cm³/mol. The van der Waals surface area contributed by atoms with Crippen LogP contribution < -0.4 is 5.32 Å². The summed E-state index contributed by atoms with van der Waals surface area (Å²) >= 11 is 5.99. The van der Waals surface area contributed by atoms with E-state index in [1.807, 2.05) is 62.4 Å². The molecule has 0 saturated carbocycles. The summed E-state index contributed by atoms with van der Waals surface area (Å²) < 4.78 is 5.35. The molecule has 0 bridgehead atoms. The van der Waals surface area contributed by atoms with Gasteiger partial charge in [0, 0.05) is 21.7 Å². The Hall–Kier alpha value is -3.70. The molecule has 1 N–H and O–H groups in total. The summed E-state index contributed by atoms with van der Waals surface area (Å²) in [4.78, 5) is 30.0. The molecule has 0 saturated heterocycles. The second-order valence-corrected chi connectivity index (χ2v) is 7.89. The van der Waals surface area contributed by atoms with Gasteiger partial charge in [0.15, 0.2) is 6.61 Å². The number of aromatic nitrogens is 1. The first-order valence-corrected chi connectivity index (χ1v) is 10.5.